The minimum atomic E-state index is 0.609. The fourth-order valence-corrected chi connectivity index (χ4v) is 2.70. The standard InChI is InChI=1S/C11H19NS/c1-5-10(12-4)9(3)11-7-6-8(2)13-11/h6-7,9-10,12H,5H2,1-4H3. The third-order valence-electron chi connectivity index (χ3n) is 2.62. The maximum absolute atomic E-state index is 3.37. The molecule has 0 amide bonds. The Morgan fingerprint density at radius 1 is 1.46 bits per heavy atom. The van der Waals surface area contributed by atoms with Gasteiger partial charge in [-0.1, -0.05) is 13.8 Å². The summed E-state index contributed by atoms with van der Waals surface area (Å²) in [7, 11) is 2.05. The van der Waals surface area contributed by atoms with Crippen LogP contribution in [0.3, 0.4) is 0 Å². The van der Waals surface area contributed by atoms with Gasteiger partial charge < -0.3 is 5.32 Å². The van der Waals surface area contributed by atoms with Gasteiger partial charge in [0.05, 0.1) is 0 Å². The van der Waals surface area contributed by atoms with Crippen molar-refractivity contribution in [2.24, 2.45) is 0 Å². The molecule has 0 saturated heterocycles. The number of hydrogen-bond donors (Lipinski definition) is 1. The third-order valence-corrected chi connectivity index (χ3v) is 3.83. The highest BCUT2D eigenvalue weighted by Crippen LogP contribution is 2.27. The Bertz CT molecular complexity index is 250. The number of aryl methyl sites for hydroxylation is 1. The van der Waals surface area contributed by atoms with Crippen LogP contribution in [0.1, 0.15) is 35.9 Å². The molecule has 1 aromatic rings. The molecule has 0 fully saturated rings. The van der Waals surface area contributed by atoms with Crippen molar-refractivity contribution in [1.29, 1.82) is 0 Å². The van der Waals surface area contributed by atoms with Crippen molar-refractivity contribution < 1.29 is 0 Å². The van der Waals surface area contributed by atoms with Crippen LogP contribution in [0.5, 0.6) is 0 Å². The van der Waals surface area contributed by atoms with Gasteiger partial charge in [0.15, 0.2) is 0 Å². The van der Waals surface area contributed by atoms with E-state index in [9.17, 15) is 0 Å². The topological polar surface area (TPSA) is 12.0 Å². The summed E-state index contributed by atoms with van der Waals surface area (Å²) < 4.78 is 0. The van der Waals surface area contributed by atoms with Crippen molar-refractivity contribution in [3.63, 3.8) is 0 Å². The Hall–Kier alpha value is -0.340. The first-order valence-corrected chi connectivity index (χ1v) is 5.74. The molecular weight excluding hydrogens is 178 g/mol. The molecule has 74 valence electrons. The van der Waals surface area contributed by atoms with Gasteiger partial charge >= 0.3 is 0 Å². The molecule has 2 atom stereocenters. The van der Waals surface area contributed by atoms with Crippen molar-refractivity contribution in [1.82, 2.24) is 5.32 Å². The van der Waals surface area contributed by atoms with Crippen LogP contribution in [-0.2, 0) is 0 Å². The van der Waals surface area contributed by atoms with Crippen LogP contribution < -0.4 is 5.32 Å². The predicted molar refractivity (Wildman–Crippen MR) is 60.6 cm³/mol. The lowest BCUT2D eigenvalue weighted by Crippen LogP contribution is -2.29. The zero-order valence-electron chi connectivity index (χ0n) is 8.92. The van der Waals surface area contributed by atoms with E-state index in [1.165, 1.54) is 16.2 Å². The zero-order chi connectivity index (χ0) is 9.84. The smallest absolute Gasteiger partial charge is 0.0135 e. The van der Waals surface area contributed by atoms with Gasteiger partial charge in [0.2, 0.25) is 0 Å². The average Bonchev–Trinajstić information content (AvgIpc) is 2.54. The molecule has 2 unspecified atom stereocenters. The van der Waals surface area contributed by atoms with E-state index in [1.54, 1.807) is 0 Å². The molecule has 0 aliphatic carbocycles. The Morgan fingerprint density at radius 2 is 2.15 bits per heavy atom. The van der Waals surface area contributed by atoms with Crippen molar-refractivity contribution >= 4 is 11.3 Å². The maximum atomic E-state index is 3.37. The fraction of sp³-hybridized carbons (Fsp3) is 0.636. The molecule has 0 saturated carbocycles. The highest BCUT2D eigenvalue weighted by atomic mass is 32.1. The first-order chi connectivity index (χ1) is 6.19. The van der Waals surface area contributed by atoms with Crippen LogP contribution in [0.4, 0.5) is 0 Å². The van der Waals surface area contributed by atoms with E-state index in [0.717, 1.165) is 0 Å². The fourth-order valence-electron chi connectivity index (χ4n) is 1.70. The van der Waals surface area contributed by atoms with Crippen LogP contribution >= 0.6 is 11.3 Å². The second-order valence-electron chi connectivity index (χ2n) is 3.54. The monoisotopic (exact) mass is 197 g/mol. The predicted octanol–water partition coefficient (Wildman–Crippen LogP) is 3.16. The summed E-state index contributed by atoms with van der Waals surface area (Å²) in [5, 5.41) is 3.37. The zero-order valence-corrected chi connectivity index (χ0v) is 9.74. The Morgan fingerprint density at radius 3 is 2.54 bits per heavy atom. The summed E-state index contributed by atoms with van der Waals surface area (Å²) in [4.78, 5) is 2.91. The summed E-state index contributed by atoms with van der Waals surface area (Å²) in [6, 6.07) is 5.07. The lowest BCUT2D eigenvalue weighted by Gasteiger charge is -2.20. The largest absolute Gasteiger partial charge is 0.316 e. The molecule has 13 heavy (non-hydrogen) atoms. The Balaban J connectivity index is 2.71. The second kappa shape index (κ2) is 4.77. The van der Waals surface area contributed by atoms with Gasteiger partial charge in [0.1, 0.15) is 0 Å². The molecule has 0 spiro atoms. The van der Waals surface area contributed by atoms with E-state index in [2.05, 4.69) is 38.2 Å². The number of hydrogen-bond acceptors (Lipinski definition) is 2. The molecule has 0 aromatic carbocycles. The molecular formula is C11H19NS. The lowest BCUT2D eigenvalue weighted by molar-refractivity contribution is 0.477. The number of rotatable bonds is 4. The summed E-state index contributed by atoms with van der Waals surface area (Å²) in [6.07, 6.45) is 1.19. The van der Waals surface area contributed by atoms with Crippen LogP contribution in [0.25, 0.3) is 0 Å². The molecule has 0 aliphatic heterocycles. The summed E-state index contributed by atoms with van der Waals surface area (Å²) in [5.41, 5.74) is 0. The Labute approximate surface area is 85.2 Å². The van der Waals surface area contributed by atoms with Crippen LogP contribution in [0.2, 0.25) is 0 Å². The third kappa shape index (κ3) is 2.55. The summed E-state index contributed by atoms with van der Waals surface area (Å²) >= 11 is 1.91. The molecule has 1 aromatic heterocycles. The molecule has 2 heteroatoms. The summed E-state index contributed by atoms with van der Waals surface area (Å²) in [5.74, 6) is 0.633. The van der Waals surface area contributed by atoms with Gasteiger partial charge in [-0.15, -0.1) is 11.3 Å². The van der Waals surface area contributed by atoms with Gasteiger partial charge in [-0.25, -0.2) is 0 Å². The highest BCUT2D eigenvalue weighted by Gasteiger charge is 2.16. The molecule has 1 rings (SSSR count). The molecule has 1 heterocycles. The number of nitrogens with one attached hydrogen (secondary N) is 1. The molecule has 0 aliphatic rings. The van der Waals surface area contributed by atoms with E-state index < -0.39 is 0 Å². The van der Waals surface area contributed by atoms with E-state index in [4.69, 9.17) is 0 Å². The first kappa shape index (κ1) is 10.7. The maximum Gasteiger partial charge on any atom is 0.0135 e. The van der Waals surface area contributed by atoms with Crippen LogP contribution in [-0.4, -0.2) is 13.1 Å². The van der Waals surface area contributed by atoms with Crippen LogP contribution in [0.15, 0.2) is 12.1 Å². The normalized spacial score (nSPS) is 15.7. The highest BCUT2D eigenvalue weighted by molar-refractivity contribution is 7.12. The van der Waals surface area contributed by atoms with Crippen molar-refractivity contribution in [2.45, 2.75) is 39.2 Å². The quantitative estimate of drug-likeness (QED) is 0.782. The minimum absolute atomic E-state index is 0.609. The molecule has 1 N–H and O–H groups in total. The molecule has 0 radical (unpaired) electrons. The molecule has 1 nitrogen and oxygen atoms in total. The van der Waals surface area contributed by atoms with Crippen molar-refractivity contribution in [2.75, 3.05) is 7.05 Å². The van der Waals surface area contributed by atoms with Crippen LogP contribution in [0, 0.1) is 6.92 Å². The first-order valence-electron chi connectivity index (χ1n) is 4.92. The van der Waals surface area contributed by atoms with E-state index in [1.807, 2.05) is 18.4 Å². The second-order valence-corrected chi connectivity index (χ2v) is 4.86. The SMILES string of the molecule is CCC(NC)C(C)c1ccc(C)s1. The number of thiophene rings is 1. The number of likely N-dealkylation sites (N-methyl/N-ethyl adjacent to an activating group) is 1. The van der Waals surface area contributed by atoms with Gasteiger partial charge in [-0.3, -0.25) is 0 Å². The van der Waals surface area contributed by atoms with Gasteiger partial charge in [0, 0.05) is 21.7 Å². The Kier molecular flexibility index (Phi) is 3.94. The van der Waals surface area contributed by atoms with E-state index in [-0.39, 0.29) is 0 Å². The molecule has 0 bridgehead atoms. The van der Waals surface area contributed by atoms with Crippen molar-refractivity contribution in [3.05, 3.63) is 21.9 Å². The average molecular weight is 197 g/mol. The van der Waals surface area contributed by atoms with E-state index >= 15 is 0 Å². The van der Waals surface area contributed by atoms with Gasteiger partial charge in [-0.05, 0) is 32.5 Å². The van der Waals surface area contributed by atoms with Gasteiger partial charge in [0.25, 0.3) is 0 Å². The van der Waals surface area contributed by atoms with Gasteiger partial charge in [-0.2, -0.15) is 0 Å². The lowest BCUT2D eigenvalue weighted by atomic mass is 9.98. The summed E-state index contributed by atoms with van der Waals surface area (Å²) in [6.45, 7) is 6.70. The van der Waals surface area contributed by atoms with E-state index in [0.29, 0.717) is 12.0 Å². The van der Waals surface area contributed by atoms with Crippen molar-refractivity contribution in [3.8, 4) is 0 Å². The minimum Gasteiger partial charge on any atom is -0.316 e.